The predicted molar refractivity (Wildman–Crippen MR) is 153 cm³/mol. The summed E-state index contributed by atoms with van der Waals surface area (Å²) in [4.78, 5) is 16.0. The summed E-state index contributed by atoms with van der Waals surface area (Å²) >= 11 is 0. The summed E-state index contributed by atoms with van der Waals surface area (Å²) in [6.45, 7) is 2.19. The van der Waals surface area contributed by atoms with Gasteiger partial charge in [-0.1, -0.05) is 60.7 Å². The lowest BCUT2D eigenvalue weighted by Gasteiger charge is -2.29. The van der Waals surface area contributed by atoms with E-state index >= 15 is 0 Å². The summed E-state index contributed by atoms with van der Waals surface area (Å²) < 4.78 is 29.0. The smallest absolute Gasteiger partial charge is 0.264 e. The summed E-state index contributed by atoms with van der Waals surface area (Å²) in [6, 6.07) is 32.3. The number of carbonyl (C=O) groups excluding carboxylic acids is 1. The van der Waals surface area contributed by atoms with Gasteiger partial charge < -0.3 is 10.2 Å². The Kier molecular flexibility index (Phi) is 7.75. The van der Waals surface area contributed by atoms with E-state index < -0.39 is 10.0 Å². The SMILES string of the molecule is O=C(Nc1ccc(N2CCCCC2)cc1)c1ccccc1N(Cc1ccccc1)S(=O)(=O)c1ccccc1. The average Bonchev–Trinajstić information content (AvgIpc) is 2.98. The summed E-state index contributed by atoms with van der Waals surface area (Å²) in [7, 11) is -3.95. The Morgan fingerprint density at radius 2 is 1.34 bits per heavy atom. The third-order valence-corrected chi connectivity index (χ3v) is 8.54. The van der Waals surface area contributed by atoms with Gasteiger partial charge in [0.15, 0.2) is 0 Å². The van der Waals surface area contributed by atoms with Crippen LogP contribution in [0.25, 0.3) is 0 Å². The molecule has 6 nitrogen and oxygen atoms in total. The van der Waals surface area contributed by atoms with Crippen LogP contribution in [0.15, 0.2) is 114 Å². The molecule has 0 bridgehead atoms. The highest BCUT2D eigenvalue weighted by Gasteiger charge is 2.28. The number of piperidine rings is 1. The van der Waals surface area contributed by atoms with Crippen molar-refractivity contribution in [3.63, 3.8) is 0 Å². The lowest BCUT2D eigenvalue weighted by molar-refractivity contribution is 0.102. The molecule has 7 heteroatoms. The molecule has 38 heavy (non-hydrogen) atoms. The maximum Gasteiger partial charge on any atom is 0.264 e. The van der Waals surface area contributed by atoms with E-state index in [1.54, 1.807) is 54.6 Å². The second-order valence-corrected chi connectivity index (χ2v) is 11.2. The van der Waals surface area contributed by atoms with Crippen molar-refractivity contribution in [2.24, 2.45) is 0 Å². The number of nitrogens with zero attached hydrogens (tertiary/aromatic N) is 2. The molecule has 1 saturated heterocycles. The Bertz CT molecular complexity index is 1470. The number of hydrogen-bond acceptors (Lipinski definition) is 4. The van der Waals surface area contributed by atoms with Gasteiger partial charge in [-0.05, 0) is 73.4 Å². The highest BCUT2D eigenvalue weighted by atomic mass is 32.2. The normalized spacial score (nSPS) is 13.6. The Hall–Kier alpha value is -4.10. The molecule has 0 radical (unpaired) electrons. The van der Waals surface area contributed by atoms with Gasteiger partial charge in [0.2, 0.25) is 0 Å². The van der Waals surface area contributed by atoms with Crippen molar-refractivity contribution in [2.45, 2.75) is 30.7 Å². The van der Waals surface area contributed by atoms with Crippen LogP contribution in [0.2, 0.25) is 0 Å². The third kappa shape index (κ3) is 5.73. The lowest BCUT2D eigenvalue weighted by Crippen LogP contribution is -2.32. The molecule has 0 atom stereocenters. The minimum absolute atomic E-state index is 0.0902. The molecule has 1 aliphatic heterocycles. The Morgan fingerprint density at radius 1 is 0.737 bits per heavy atom. The molecular formula is C31H31N3O3S. The molecule has 0 aromatic heterocycles. The van der Waals surface area contributed by atoms with E-state index in [1.807, 2.05) is 54.6 Å². The molecule has 1 fully saturated rings. The number of benzene rings is 4. The summed E-state index contributed by atoms with van der Waals surface area (Å²) in [5, 5.41) is 2.96. The molecule has 4 aromatic carbocycles. The predicted octanol–water partition coefficient (Wildman–Crippen LogP) is 6.32. The topological polar surface area (TPSA) is 69.7 Å². The zero-order chi connectivity index (χ0) is 26.4. The van der Waals surface area contributed by atoms with E-state index in [-0.39, 0.29) is 22.9 Å². The van der Waals surface area contributed by atoms with Crippen LogP contribution >= 0.6 is 0 Å². The van der Waals surface area contributed by atoms with Crippen LogP contribution in [-0.4, -0.2) is 27.4 Å². The lowest BCUT2D eigenvalue weighted by atomic mass is 10.1. The van der Waals surface area contributed by atoms with Gasteiger partial charge in [-0.2, -0.15) is 0 Å². The molecule has 0 aliphatic carbocycles. The largest absolute Gasteiger partial charge is 0.372 e. The van der Waals surface area contributed by atoms with E-state index in [0.717, 1.165) is 24.3 Å². The number of anilines is 3. The summed E-state index contributed by atoms with van der Waals surface area (Å²) in [5.41, 5.74) is 3.22. The van der Waals surface area contributed by atoms with Crippen molar-refractivity contribution in [1.29, 1.82) is 0 Å². The van der Waals surface area contributed by atoms with Gasteiger partial charge in [0.05, 0.1) is 22.7 Å². The Morgan fingerprint density at radius 3 is 2.03 bits per heavy atom. The number of sulfonamides is 1. The van der Waals surface area contributed by atoms with E-state index in [9.17, 15) is 13.2 Å². The first-order valence-corrected chi connectivity index (χ1v) is 14.3. The van der Waals surface area contributed by atoms with E-state index in [2.05, 4.69) is 10.2 Å². The maximum absolute atomic E-state index is 13.8. The van der Waals surface area contributed by atoms with Crippen LogP contribution in [0.3, 0.4) is 0 Å². The zero-order valence-electron chi connectivity index (χ0n) is 21.2. The molecular weight excluding hydrogens is 494 g/mol. The minimum atomic E-state index is -3.95. The second kappa shape index (κ2) is 11.5. The van der Waals surface area contributed by atoms with Crippen molar-refractivity contribution in [3.05, 3.63) is 120 Å². The highest BCUT2D eigenvalue weighted by Crippen LogP contribution is 2.30. The molecule has 1 amide bonds. The van der Waals surface area contributed by atoms with Crippen molar-refractivity contribution in [3.8, 4) is 0 Å². The van der Waals surface area contributed by atoms with Gasteiger partial charge in [-0.15, -0.1) is 0 Å². The monoisotopic (exact) mass is 525 g/mol. The number of amides is 1. The summed E-state index contributed by atoms with van der Waals surface area (Å²) in [5.74, 6) is -0.368. The molecule has 0 unspecified atom stereocenters. The maximum atomic E-state index is 13.8. The van der Waals surface area contributed by atoms with E-state index in [1.165, 1.54) is 23.6 Å². The first-order valence-electron chi connectivity index (χ1n) is 12.9. The number of carbonyl (C=O) groups is 1. The molecule has 1 N–H and O–H groups in total. The van der Waals surface area contributed by atoms with Crippen molar-refractivity contribution in [1.82, 2.24) is 0 Å². The average molecular weight is 526 g/mol. The Balaban J connectivity index is 1.45. The number of nitrogens with one attached hydrogen (secondary N) is 1. The van der Waals surface area contributed by atoms with E-state index in [0.29, 0.717) is 11.4 Å². The van der Waals surface area contributed by atoms with Crippen LogP contribution in [0.1, 0.15) is 35.2 Å². The van der Waals surface area contributed by atoms with Gasteiger partial charge >= 0.3 is 0 Å². The first kappa shape index (κ1) is 25.5. The van der Waals surface area contributed by atoms with Gasteiger partial charge in [-0.3, -0.25) is 9.10 Å². The number of para-hydroxylation sites is 1. The van der Waals surface area contributed by atoms with Crippen LogP contribution in [-0.2, 0) is 16.6 Å². The van der Waals surface area contributed by atoms with Crippen LogP contribution < -0.4 is 14.5 Å². The Labute approximate surface area is 224 Å². The third-order valence-electron chi connectivity index (χ3n) is 6.76. The fourth-order valence-corrected chi connectivity index (χ4v) is 6.25. The molecule has 5 rings (SSSR count). The second-order valence-electron chi connectivity index (χ2n) is 9.38. The van der Waals surface area contributed by atoms with Crippen molar-refractivity contribution < 1.29 is 13.2 Å². The fraction of sp³-hybridized carbons (Fsp3) is 0.194. The number of rotatable bonds is 8. The molecule has 0 spiro atoms. The highest BCUT2D eigenvalue weighted by molar-refractivity contribution is 7.92. The first-order chi connectivity index (χ1) is 18.5. The molecule has 194 valence electrons. The molecule has 1 heterocycles. The van der Waals surface area contributed by atoms with Crippen molar-refractivity contribution in [2.75, 3.05) is 27.6 Å². The van der Waals surface area contributed by atoms with Crippen molar-refractivity contribution >= 4 is 33.0 Å². The van der Waals surface area contributed by atoms with E-state index in [4.69, 9.17) is 0 Å². The van der Waals surface area contributed by atoms with Gasteiger partial charge in [0.1, 0.15) is 0 Å². The van der Waals surface area contributed by atoms with Crippen LogP contribution in [0.5, 0.6) is 0 Å². The summed E-state index contributed by atoms with van der Waals surface area (Å²) in [6.07, 6.45) is 3.66. The zero-order valence-corrected chi connectivity index (χ0v) is 22.0. The van der Waals surface area contributed by atoms with Crippen LogP contribution in [0, 0.1) is 0 Å². The standard InChI is InChI=1S/C31H31N3O3S/c35-31(32-26-18-20-27(21-19-26)33-22-10-3-11-23-33)29-16-8-9-17-30(29)34(24-25-12-4-1-5-13-25)38(36,37)28-14-6-2-7-15-28/h1-2,4-9,12-21H,3,10-11,22-24H2,(H,32,35). The van der Waals surface area contributed by atoms with Crippen LogP contribution in [0.4, 0.5) is 17.1 Å². The molecule has 4 aromatic rings. The van der Waals surface area contributed by atoms with Gasteiger partial charge in [0, 0.05) is 24.5 Å². The quantitative estimate of drug-likeness (QED) is 0.292. The molecule has 0 saturated carbocycles. The number of hydrogen-bond donors (Lipinski definition) is 1. The minimum Gasteiger partial charge on any atom is -0.372 e. The molecule has 1 aliphatic rings. The fourth-order valence-electron chi connectivity index (χ4n) is 4.76. The van der Waals surface area contributed by atoms with Gasteiger partial charge in [-0.25, -0.2) is 8.42 Å². The van der Waals surface area contributed by atoms with Gasteiger partial charge in [0.25, 0.3) is 15.9 Å².